The van der Waals surface area contributed by atoms with Crippen molar-refractivity contribution < 1.29 is 14.0 Å². The van der Waals surface area contributed by atoms with Crippen LogP contribution >= 0.6 is 15.9 Å². The summed E-state index contributed by atoms with van der Waals surface area (Å²) in [6.07, 6.45) is 0. The van der Waals surface area contributed by atoms with E-state index in [0.29, 0.717) is 17.6 Å². The van der Waals surface area contributed by atoms with E-state index in [1.165, 1.54) is 12.1 Å². The highest BCUT2D eigenvalue weighted by molar-refractivity contribution is 9.10. The number of hydrogen-bond acceptors (Lipinski definition) is 3. The van der Waals surface area contributed by atoms with Crippen LogP contribution in [0.3, 0.4) is 0 Å². The molecule has 5 nitrogen and oxygen atoms in total. The molecular formula is C13H15BrFN3O2. The number of halogens is 2. The molecule has 2 amide bonds. The zero-order valence-corrected chi connectivity index (χ0v) is 12.4. The minimum absolute atomic E-state index is 0.0682. The van der Waals surface area contributed by atoms with Crippen LogP contribution in [0, 0.1) is 5.82 Å². The monoisotopic (exact) mass is 343 g/mol. The third-order valence-corrected chi connectivity index (χ3v) is 3.54. The molecule has 1 aliphatic heterocycles. The maximum atomic E-state index is 13.6. The minimum Gasteiger partial charge on any atom is -0.343 e. The van der Waals surface area contributed by atoms with E-state index in [1.807, 2.05) is 0 Å². The van der Waals surface area contributed by atoms with Crippen LogP contribution in [-0.4, -0.2) is 49.4 Å². The molecule has 1 aromatic carbocycles. The van der Waals surface area contributed by atoms with E-state index >= 15 is 0 Å². The zero-order chi connectivity index (χ0) is 14.5. The first-order valence-corrected chi connectivity index (χ1v) is 7.09. The summed E-state index contributed by atoms with van der Waals surface area (Å²) in [6.45, 7) is 2.64. The zero-order valence-electron chi connectivity index (χ0n) is 10.8. The van der Waals surface area contributed by atoms with E-state index in [4.69, 9.17) is 0 Å². The molecule has 1 saturated heterocycles. The van der Waals surface area contributed by atoms with Crippen molar-refractivity contribution in [3.8, 4) is 0 Å². The lowest BCUT2D eigenvalue weighted by atomic mass is 10.2. The molecule has 20 heavy (non-hydrogen) atoms. The Morgan fingerprint density at radius 3 is 2.70 bits per heavy atom. The Kier molecular flexibility index (Phi) is 5.08. The number of piperazine rings is 1. The fraction of sp³-hybridized carbons (Fsp3) is 0.385. The molecule has 0 atom stereocenters. The second-order valence-electron chi connectivity index (χ2n) is 4.44. The number of carbonyl (C=O) groups is 2. The van der Waals surface area contributed by atoms with Gasteiger partial charge in [0.15, 0.2) is 0 Å². The van der Waals surface area contributed by atoms with Gasteiger partial charge in [0.2, 0.25) is 5.91 Å². The molecule has 0 spiro atoms. The van der Waals surface area contributed by atoms with E-state index in [2.05, 4.69) is 26.6 Å². The molecule has 1 fully saturated rings. The molecule has 0 bridgehead atoms. The number of nitrogens with one attached hydrogen (secondary N) is 2. The van der Waals surface area contributed by atoms with E-state index in [1.54, 1.807) is 11.0 Å². The first-order valence-electron chi connectivity index (χ1n) is 6.29. The predicted octanol–water partition coefficient (Wildman–Crippen LogP) is 0.750. The van der Waals surface area contributed by atoms with Gasteiger partial charge in [-0.1, -0.05) is 15.9 Å². The van der Waals surface area contributed by atoms with Gasteiger partial charge in [-0.05, 0) is 18.2 Å². The summed E-state index contributed by atoms with van der Waals surface area (Å²) in [5.41, 5.74) is -0.0682. The van der Waals surface area contributed by atoms with Crippen LogP contribution in [0.5, 0.6) is 0 Å². The lowest BCUT2D eigenvalue weighted by Gasteiger charge is -2.27. The number of nitrogens with zero attached hydrogens (tertiary/aromatic N) is 1. The molecule has 0 aromatic heterocycles. The van der Waals surface area contributed by atoms with Gasteiger partial charge in [-0.2, -0.15) is 0 Å². The first-order chi connectivity index (χ1) is 9.58. The lowest BCUT2D eigenvalue weighted by molar-refractivity contribution is -0.130. The van der Waals surface area contributed by atoms with Crippen molar-refractivity contribution in [2.75, 3.05) is 32.7 Å². The van der Waals surface area contributed by atoms with Crippen LogP contribution in [-0.2, 0) is 4.79 Å². The highest BCUT2D eigenvalue weighted by atomic mass is 79.9. The van der Waals surface area contributed by atoms with Crippen LogP contribution in [0.1, 0.15) is 10.4 Å². The average Bonchev–Trinajstić information content (AvgIpc) is 2.45. The summed E-state index contributed by atoms with van der Waals surface area (Å²) in [5.74, 6) is -1.36. The third-order valence-electron chi connectivity index (χ3n) is 3.05. The topological polar surface area (TPSA) is 61.4 Å². The molecule has 108 valence electrons. The molecule has 0 radical (unpaired) electrons. The Hall–Kier alpha value is -1.47. The van der Waals surface area contributed by atoms with Crippen LogP contribution in [0.15, 0.2) is 22.7 Å². The standard InChI is InChI=1S/C13H15BrFN3O2/c14-9-1-2-10(11(15)7-9)13(20)17-8-12(19)18-5-3-16-4-6-18/h1-2,7,16H,3-6,8H2,(H,17,20). The maximum Gasteiger partial charge on any atom is 0.254 e. The smallest absolute Gasteiger partial charge is 0.254 e. The molecule has 1 aliphatic rings. The highest BCUT2D eigenvalue weighted by Crippen LogP contribution is 2.15. The number of rotatable bonds is 3. The molecule has 0 saturated carbocycles. The normalized spacial score (nSPS) is 15.0. The van der Waals surface area contributed by atoms with Gasteiger partial charge in [-0.3, -0.25) is 9.59 Å². The Morgan fingerprint density at radius 1 is 1.35 bits per heavy atom. The number of carbonyl (C=O) groups excluding carboxylic acids is 2. The number of benzene rings is 1. The van der Waals surface area contributed by atoms with Gasteiger partial charge in [-0.25, -0.2) is 4.39 Å². The van der Waals surface area contributed by atoms with Gasteiger partial charge in [-0.15, -0.1) is 0 Å². The van der Waals surface area contributed by atoms with Crippen molar-refractivity contribution in [3.05, 3.63) is 34.1 Å². The maximum absolute atomic E-state index is 13.6. The Balaban J connectivity index is 1.89. The molecule has 2 rings (SSSR count). The summed E-state index contributed by atoms with van der Waals surface area (Å²) in [5, 5.41) is 5.59. The highest BCUT2D eigenvalue weighted by Gasteiger charge is 2.18. The molecular weight excluding hydrogens is 329 g/mol. The summed E-state index contributed by atoms with van der Waals surface area (Å²) in [6, 6.07) is 4.17. The van der Waals surface area contributed by atoms with Crippen molar-refractivity contribution in [1.29, 1.82) is 0 Å². The summed E-state index contributed by atoms with van der Waals surface area (Å²) >= 11 is 3.12. The quantitative estimate of drug-likeness (QED) is 0.851. The van der Waals surface area contributed by atoms with Gasteiger partial charge in [0, 0.05) is 30.7 Å². The Morgan fingerprint density at radius 2 is 2.05 bits per heavy atom. The van der Waals surface area contributed by atoms with Gasteiger partial charge in [0.25, 0.3) is 5.91 Å². The fourth-order valence-corrected chi connectivity index (χ4v) is 2.28. The van der Waals surface area contributed by atoms with Crippen LogP contribution in [0.4, 0.5) is 4.39 Å². The van der Waals surface area contributed by atoms with E-state index in [9.17, 15) is 14.0 Å². The van der Waals surface area contributed by atoms with E-state index in [-0.39, 0.29) is 18.0 Å². The van der Waals surface area contributed by atoms with Crippen molar-refractivity contribution in [2.45, 2.75) is 0 Å². The minimum atomic E-state index is -0.619. The van der Waals surface area contributed by atoms with Gasteiger partial charge in [0.1, 0.15) is 5.82 Å². The van der Waals surface area contributed by atoms with Crippen LogP contribution in [0.25, 0.3) is 0 Å². The van der Waals surface area contributed by atoms with Crippen LogP contribution < -0.4 is 10.6 Å². The largest absolute Gasteiger partial charge is 0.343 e. The van der Waals surface area contributed by atoms with Crippen molar-refractivity contribution in [2.24, 2.45) is 0 Å². The SMILES string of the molecule is O=C(NCC(=O)N1CCNCC1)c1ccc(Br)cc1F. The van der Waals surface area contributed by atoms with E-state index in [0.717, 1.165) is 13.1 Å². The molecule has 1 aromatic rings. The Labute approximate surface area is 124 Å². The Bertz CT molecular complexity index is 518. The fourth-order valence-electron chi connectivity index (χ4n) is 1.95. The summed E-state index contributed by atoms with van der Waals surface area (Å²) in [7, 11) is 0. The molecule has 0 aliphatic carbocycles. The van der Waals surface area contributed by atoms with Crippen molar-refractivity contribution >= 4 is 27.7 Å². The van der Waals surface area contributed by atoms with E-state index < -0.39 is 11.7 Å². The molecule has 2 N–H and O–H groups in total. The third kappa shape index (κ3) is 3.77. The average molecular weight is 344 g/mol. The second kappa shape index (κ2) is 6.81. The number of amides is 2. The first kappa shape index (κ1) is 14.9. The molecule has 0 unspecified atom stereocenters. The van der Waals surface area contributed by atoms with Gasteiger partial charge >= 0.3 is 0 Å². The number of hydrogen-bond donors (Lipinski definition) is 2. The molecule has 1 heterocycles. The second-order valence-corrected chi connectivity index (χ2v) is 5.35. The van der Waals surface area contributed by atoms with Crippen molar-refractivity contribution in [1.82, 2.24) is 15.5 Å². The van der Waals surface area contributed by atoms with Crippen molar-refractivity contribution in [3.63, 3.8) is 0 Å². The summed E-state index contributed by atoms with van der Waals surface area (Å²) < 4.78 is 14.1. The van der Waals surface area contributed by atoms with Crippen LogP contribution in [0.2, 0.25) is 0 Å². The molecule has 7 heteroatoms. The predicted molar refractivity (Wildman–Crippen MR) is 75.9 cm³/mol. The van der Waals surface area contributed by atoms with Gasteiger partial charge < -0.3 is 15.5 Å². The summed E-state index contributed by atoms with van der Waals surface area (Å²) in [4.78, 5) is 25.3. The van der Waals surface area contributed by atoms with Gasteiger partial charge in [0.05, 0.1) is 12.1 Å². The lowest BCUT2D eigenvalue weighted by Crippen LogP contribution is -2.49.